The summed E-state index contributed by atoms with van der Waals surface area (Å²) in [5.41, 5.74) is 0.376. The Morgan fingerprint density at radius 1 is 0.939 bits per heavy atom. The maximum absolute atomic E-state index is 13.2. The predicted octanol–water partition coefficient (Wildman–Crippen LogP) is 5.04. The largest absolute Gasteiger partial charge is 0.453 e. The second kappa shape index (κ2) is 8.57. The van der Waals surface area contributed by atoms with Crippen LogP contribution in [0.4, 0.5) is 27.6 Å². The highest BCUT2D eigenvalue weighted by atomic mass is 19.4. The van der Waals surface area contributed by atoms with Gasteiger partial charge >= 0.3 is 12.1 Å². The number of halogens is 5. The first kappa shape index (κ1) is 24.3. The fraction of sp³-hybridized carbons (Fsp3) is 0.348. The number of Topliss-reactive ketones (excluding diaryl/α,β-unsaturated/α-hetero) is 1. The van der Waals surface area contributed by atoms with E-state index >= 15 is 0 Å². The molecule has 0 unspecified atom stereocenters. The molecule has 1 heterocycles. The van der Waals surface area contributed by atoms with Gasteiger partial charge in [0.2, 0.25) is 5.91 Å². The fourth-order valence-corrected chi connectivity index (χ4v) is 3.47. The number of ketones is 1. The maximum atomic E-state index is 13.2. The number of hydrogen-bond donors (Lipinski definition) is 2. The molecule has 0 aromatic heterocycles. The van der Waals surface area contributed by atoms with Crippen molar-refractivity contribution in [3.8, 4) is 11.1 Å². The van der Waals surface area contributed by atoms with Crippen LogP contribution in [0.5, 0.6) is 0 Å². The number of carbonyl (C=O) groups excluding carboxylic acids is 3. The molecule has 33 heavy (non-hydrogen) atoms. The molecule has 2 amide bonds. The number of para-hydroxylation sites is 1. The van der Waals surface area contributed by atoms with Gasteiger partial charge in [-0.1, -0.05) is 42.5 Å². The number of carbonyl (C=O) groups is 3. The quantitative estimate of drug-likeness (QED) is 0.461. The molecule has 1 atom stereocenters. The Labute approximate surface area is 186 Å². The van der Waals surface area contributed by atoms with Gasteiger partial charge in [0.1, 0.15) is 17.2 Å². The monoisotopic (exact) mass is 468 g/mol. The van der Waals surface area contributed by atoms with Gasteiger partial charge in [0.05, 0.1) is 0 Å². The van der Waals surface area contributed by atoms with E-state index in [0.29, 0.717) is 22.4 Å². The molecule has 176 valence electrons. The summed E-state index contributed by atoms with van der Waals surface area (Å²) in [5.74, 6) is -7.72. The molecule has 3 rings (SSSR count). The Kier molecular flexibility index (Phi) is 6.32. The van der Waals surface area contributed by atoms with Crippen molar-refractivity contribution in [1.82, 2.24) is 5.32 Å². The van der Waals surface area contributed by atoms with Crippen molar-refractivity contribution in [2.75, 3.05) is 5.32 Å². The van der Waals surface area contributed by atoms with Crippen molar-refractivity contribution in [1.29, 1.82) is 0 Å². The van der Waals surface area contributed by atoms with Crippen molar-refractivity contribution < 1.29 is 36.3 Å². The summed E-state index contributed by atoms with van der Waals surface area (Å²) in [4.78, 5) is 38.3. The van der Waals surface area contributed by atoms with Gasteiger partial charge in [0.25, 0.3) is 5.91 Å². The highest BCUT2D eigenvalue weighted by Crippen LogP contribution is 2.40. The molecule has 2 aromatic carbocycles. The lowest BCUT2D eigenvalue weighted by Gasteiger charge is -2.27. The molecule has 5 nitrogen and oxygen atoms in total. The molecule has 1 aliphatic heterocycles. The zero-order valence-corrected chi connectivity index (χ0v) is 17.7. The fourth-order valence-electron chi connectivity index (χ4n) is 3.47. The Bertz CT molecular complexity index is 1100. The van der Waals surface area contributed by atoms with E-state index in [4.69, 9.17) is 0 Å². The average Bonchev–Trinajstić information content (AvgIpc) is 2.86. The number of amides is 2. The third-order valence-corrected chi connectivity index (χ3v) is 5.63. The normalized spacial score (nSPS) is 16.2. The van der Waals surface area contributed by atoms with Gasteiger partial charge in [-0.05, 0) is 31.0 Å². The summed E-state index contributed by atoms with van der Waals surface area (Å²) in [7, 11) is 0. The molecule has 0 saturated heterocycles. The molecule has 0 bridgehead atoms. The van der Waals surface area contributed by atoms with Gasteiger partial charge in [-0.3, -0.25) is 14.4 Å². The van der Waals surface area contributed by atoms with Crippen LogP contribution >= 0.6 is 0 Å². The topological polar surface area (TPSA) is 75.3 Å². The lowest BCUT2D eigenvalue weighted by molar-refractivity contribution is -0.284. The van der Waals surface area contributed by atoms with E-state index in [1.54, 1.807) is 48.5 Å². The molecule has 0 aliphatic carbocycles. The zero-order chi connectivity index (χ0) is 24.6. The molecule has 0 radical (unpaired) electrons. The summed E-state index contributed by atoms with van der Waals surface area (Å²) < 4.78 is 63.6. The van der Waals surface area contributed by atoms with Crippen LogP contribution in [0, 0.1) is 5.41 Å². The summed E-state index contributed by atoms with van der Waals surface area (Å²) in [6.45, 7) is 2.23. The molecule has 10 heteroatoms. The Morgan fingerprint density at radius 3 is 2.15 bits per heavy atom. The Hall–Kier alpha value is -3.30. The molecule has 0 fully saturated rings. The molecule has 2 N–H and O–H groups in total. The van der Waals surface area contributed by atoms with Crippen molar-refractivity contribution in [3.05, 3.63) is 54.1 Å². The van der Waals surface area contributed by atoms with E-state index in [-0.39, 0.29) is 0 Å². The average molecular weight is 468 g/mol. The third kappa shape index (κ3) is 4.74. The standard InChI is InChI=1S/C23H21F5N2O3/c1-21(2,17(31)11-12-22(24,25)23(26,27)28)20(33)30-18-15-9-4-3-7-13(15)14-8-5-6-10-16(14)29-19(18)32/h3-10,18H,11-12H2,1-2H3,(H,29,32)(H,30,33)/t18-/m0/s1. The number of fused-ring (bicyclic) bond motifs is 3. The van der Waals surface area contributed by atoms with E-state index in [2.05, 4.69) is 10.6 Å². The van der Waals surface area contributed by atoms with Crippen molar-refractivity contribution in [2.45, 2.75) is 44.8 Å². The van der Waals surface area contributed by atoms with Crippen LogP contribution in [-0.4, -0.2) is 29.7 Å². The number of rotatable bonds is 6. The third-order valence-electron chi connectivity index (χ3n) is 5.63. The van der Waals surface area contributed by atoms with Crippen LogP contribution in [0.2, 0.25) is 0 Å². The number of benzene rings is 2. The van der Waals surface area contributed by atoms with Crippen molar-refractivity contribution >= 4 is 23.3 Å². The van der Waals surface area contributed by atoms with E-state index in [1.165, 1.54) is 0 Å². The summed E-state index contributed by atoms with van der Waals surface area (Å²) in [5, 5.41) is 5.17. The molecular formula is C23H21F5N2O3. The molecule has 2 aromatic rings. The van der Waals surface area contributed by atoms with Gasteiger partial charge in [0, 0.05) is 24.1 Å². The van der Waals surface area contributed by atoms with Gasteiger partial charge in [-0.2, -0.15) is 22.0 Å². The first-order chi connectivity index (χ1) is 15.3. The van der Waals surface area contributed by atoms with Crippen LogP contribution < -0.4 is 10.6 Å². The van der Waals surface area contributed by atoms with Gasteiger partial charge < -0.3 is 10.6 Å². The summed E-state index contributed by atoms with van der Waals surface area (Å²) >= 11 is 0. The van der Waals surface area contributed by atoms with Crippen molar-refractivity contribution in [3.63, 3.8) is 0 Å². The zero-order valence-electron chi connectivity index (χ0n) is 17.7. The lowest BCUT2D eigenvalue weighted by atomic mass is 9.83. The van der Waals surface area contributed by atoms with Crippen LogP contribution in [0.3, 0.4) is 0 Å². The van der Waals surface area contributed by atoms with Gasteiger partial charge in [0.15, 0.2) is 0 Å². The Balaban J connectivity index is 1.83. The highest BCUT2D eigenvalue weighted by Gasteiger charge is 2.57. The van der Waals surface area contributed by atoms with Crippen molar-refractivity contribution in [2.24, 2.45) is 5.41 Å². The van der Waals surface area contributed by atoms with Crippen LogP contribution in [0.25, 0.3) is 11.1 Å². The molecule has 1 aliphatic rings. The minimum atomic E-state index is -5.79. The van der Waals surface area contributed by atoms with Crippen LogP contribution in [0.1, 0.15) is 38.3 Å². The maximum Gasteiger partial charge on any atom is 0.453 e. The number of hydrogen-bond acceptors (Lipinski definition) is 3. The van der Waals surface area contributed by atoms with E-state index < -0.39 is 54.0 Å². The SMILES string of the molecule is CC(C)(C(=O)CCC(F)(F)C(F)(F)F)C(=O)N[C@@H]1C(=O)Nc2ccccc2-c2ccccc21. The second-order valence-electron chi connectivity index (χ2n) is 8.28. The minimum absolute atomic E-state index is 0.445. The van der Waals surface area contributed by atoms with E-state index in [9.17, 15) is 36.3 Å². The van der Waals surface area contributed by atoms with E-state index in [0.717, 1.165) is 13.8 Å². The lowest BCUT2D eigenvalue weighted by Crippen LogP contribution is -2.47. The Morgan fingerprint density at radius 2 is 1.52 bits per heavy atom. The number of anilines is 1. The predicted molar refractivity (Wildman–Crippen MR) is 110 cm³/mol. The first-order valence-electron chi connectivity index (χ1n) is 10.0. The minimum Gasteiger partial charge on any atom is -0.340 e. The summed E-state index contributed by atoms with van der Waals surface area (Å²) in [6.07, 6.45) is -8.73. The highest BCUT2D eigenvalue weighted by molar-refractivity contribution is 6.09. The first-order valence-corrected chi connectivity index (χ1v) is 10.0. The second-order valence-corrected chi connectivity index (χ2v) is 8.28. The van der Waals surface area contributed by atoms with Crippen LogP contribution in [0.15, 0.2) is 48.5 Å². The smallest absolute Gasteiger partial charge is 0.340 e. The molecule has 0 spiro atoms. The molecular weight excluding hydrogens is 447 g/mol. The number of nitrogens with one attached hydrogen (secondary N) is 2. The van der Waals surface area contributed by atoms with Gasteiger partial charge in [-0.15, -0.1) is 0 Å². The molecule has 0 saturated carbocycles. The van der Waals surface area contributed by atoms with E-state index in [1.807, 2.05) is 0 Å². The summed E-state index contributed by atoms with van der Waals surface area (Å²) in [6, 6.07) is 12.5. The van der Waals surface area contributed by atoms with Gasteiger partial charge in [-0.25, -0.2) is 0 Å². The van der Waals surface area contributed by atoms with Crippen LogP contribution in [-0.2, 0) is 14.4 Å². The number of alkyl halides is 5.